The highest BCUT2D eigenvalue weighted by molar-refractivity contribution is 5.62. The van der Waals surface area contributed by atoms with Crippen molar-refractivity contribution in [2.24, 2.45) is 5.41 Å². The van der Waals surface area contributed by atoms with E-state index in [0.717, 1.165) is 6.54 Å². The van der Waals surface area contributed by atoms with Gasteiger partial charge < -0.3 is 10.2 Å². The molecule has 0 bridgehead atoms. The summed E-state index contributed by atoms with van der Waals surface area (Å²) in [6.45, 7) is 8.32. The largest absolute Gasteiger partial charge is 0.385 e. The van der Waals surface area contributed by atoms with Crippen LogP contribution in [-0.2, 0) is 6.42 Å². The van der Waals surface area contributed by atoms with Gasteiger partial charge in [0.15, 0.2) is 0 Å². The monoisotopic (exact) mass is 244 g/mol. The Morgan fingerprint density at radius 3 is 2.94 bits per heavy atom. The SMILES string of the molecule is CC1(C)CCCN(c2ccc3c(c2)CCCN3)C1. The van der Waals surface area contributed by atoms with Crippen LogP contribution in [0.3, 0.4) is 0 Å². The number of aryl methyl sites for hydroxylation is 1. The molecular formula is C16H24N2. The van der Waals surface area contributed by atoms with Crippen LogP contribution in [0.2, 0.25) is 0 Å². The second-order valence-corrected chi connectivity index (χ2v) is 6.56. The second-order valence-electron chi connectivity index (χ2n) is 6.56. The third-order valence-electron chi connectivity index (χ3n) is 4.29. The lowest BCUT2D eigenvalue weighted by molar-refractivity contribution is 0.293. The van der Waals surface area contributed by atoms with E-state index in [0.29, 0.717) is 5.41 Å². The Balaban J connectivity index is 1.83. The van der Waals surface area contributed by atoms with Crippen molar-refractivity contribution in [1.29, 1.82) is 0 Å². The van der Waals surface area contributed by atoms with Crippen molar-refractivity contribution < 1.29 is 0 Å². The minimum absolute atomic E-state index is 0.465. The van der Waals surface area contributed by atoms with Gasteiger partial charge in [-0.25, -0.2) is 0 Å². The van der Waals surface area contributed by atoms with E-state index in [9.17, 15) is 0 Å². The smallest absolute Gasteiger partial charge is 0.0374 e. The molecule has 2 aliphatic rings. The maximum Gasteiger partial charge on any atom is 0.0374 e. The first-order valence-corrected chi connectivity index (χ1v) is 7.26. The third kappa shape index (κ3) is 2.33. The summed E-state index contributed by atoms with van der Waals surface area (Å²) in [4.78, 5) is 2.57. The number of anilines is 2. The van der Waals surface area contributed by atoms with Gasteiger partial charge in [-0.15, -0.1) is 0 Å². The van der Waals surface area contributed by atoms with Crippen molar-refractivity contribution in [3.8, 4) is 0 Å². The van der Waals surface area contributed by atoms with Gasteiger partial charge in [0.25, 0.3) is 0 Å². The molecule has 1 aromatic carbocycles. The van der Waals surface area contributed by atoms with E-state index in [2.05, 4.69) is 42.3 Å². The minimum atomic E-state index is 0.465. The number of piperidine rings is 1. The fourth-order valence-electron chi connectivity index (χ4n) is 3.30. The highest BCUT2D eigenvalue weighted by atomic mass is 15.1. The zero-order valence-corrected chi connectivity index (χ0v) is 11.6. The van der Waals surface area contributed by atoms with Gasteiger partial charge in [0.05, 0.1) is 0 Å². The van der Waals surface area contributed by atoms with Gasteiger partial charge in [-0.3, -0.25) is 0 Å². The van der Waals surface area contributed by atoms with E-state index < -0.39 is 0 Å². The van der Waals surface area contributed by atoms with Gasteiger partial charge in [0.1, 0.15) is 0 Å². The van der Waals surface area contributed by atoms with Crippen molar-refractivity contribution in [3.63, 3.8) is 0 Å². The summed E-state index contributed by atoms with van der Waals surface area (Å²) in [7, 11) is 0. The summed E-state index contributed by atoms with van der Waals surface area (Å²) in [5.74, 6) is 0. The van der Waals surface area contributed by atoms with Crippen molar-refractivity contribution in [3.05, 3.63) is 23.8 Å². The van der Waals surface area contributed by atoms with E-state index in [-0.39, 0.29) is 0 Å². The molecular weight excluding hydrogens is 220 g/mol. The number of rotatable bonds is 1. The molecule has 0 amide bonds. The molecule has 1 saturated heterocycles. The van der Waals surface area contributed by atoms with Gasteiger partial charge >= 0.3 is 0 Å². The molecule has 2 aliphatic heterocycles. The molecule has 2 heterocycles. The van der Waals surface area contributed by atoms with E-state index in [1.54, 1.807) is 0 Å². The van der Waals surface area contributed by atoms with Crippen LogP contribution in [0.25, 0.3) is 0 Å². The van der Waals surface area contributed by atoms with Crippen LogP contribution in [0.1, 0.15) is 38.7 Å². The molecule has 0 aliphatic carbocycles. The number of fused-ring (bicyclic) bond motifs is 1. The van der Waals surface area contributed by atoms with Crippen LogP contribution >= 0.6 is 0 Å². The normalized spacial score (nSPS) is 22.2. The average Bonchev–Trinajstić information content (AvgIpc) is 2.37. The molecule has 1 aromatic rings. The Morgan fingerprint density at radius 2 is 2.11 bits per heavy atom. The maximum atomic E-state index is 3.49. The maximum absolute atomic E-state index is 3.49. The van der Waals surface area contributed by atoms with Crippen LogP contribution in [0.5, 0.6) is 0 Å². The predicted molar refractivity (Wildman–Crippen MR) is 78.5 cm³/mol. The van der Waals surface area contributed by atoms with Crippen molar-refractivity contribution in [2.75, 3.05) is 29.9 Å². The van der Waals surface area contributed by atoms with E-state index in [1.807, 2.05) is 0 Å². The lowest BCUT2D eigenvalue weighted by Gasteiger charge is -2.39. The first-order chi connectivity index (χ1) is 8.64. The zero-order valence-electron chi connectivity index (χ0n) is 11.6. The summed E-state index contributed by atoms with van der Waals surface area (Å²) in [5, 5.41) is 3.49. The lowest BCUT2D eigenvalue weighted by Crippen LogP contribution is -2.40. The number of nitrogens with zero attached hydrogens (tertiary/aromatic N) is 1. The molecule has 18 heavy (non-hydrogen) atoms. The number of hydrogen-bond donors (Lipinski definition) is 1. The Morgan fingerprint density at radius 1 is 1.22 bits per heavy atom. The van der Waals surface area contributed by atoms with E-state index in [1.165, 1.54) is 55.7 Å². The zero-order chi connectivity index (χ0) is 12.6. The van der Waals surface area contributed by atoms with Crippen molar-refractivity contribution in [2.45, 2.75) is 39.5 Å². The lowest BCUT2D eigenvalue weighted by atomic mass is 9.84. The quantitative estimate of drug-likeness (QED) is 0.811. The molecule has 0 aromatic heterocycles. The molecule has 2 heteroatoms. The Kier molecular flexibility index (Phi) is 2.96. The minimum Gasteiger partial charge on any atom is -0.385 e. The van der Waals surface area contributed by atoms with Crippen LogP contribution in [-0.4, -0.2) is 19.6 Å². The third-order valence-corrected chi connectivity index (χ3v) is 4.29. The molecule has 0 spiro atoms. The average molecular weight is 244 g/mol. The van der Waals surface area contributed by atoms with Crippen LogP contribution in [0.4, 0.5) is 11.4 Å². The van der Waals surface area contributed by atoms with Gasteiger partial charge in [0, 0.05) is 31.0 Å². The van der Waals surface area contributed by atoms with Crippen LogP contribution < -0.4 is 10.2 Å². The van der Waals surface area contributed by atoms with Crippen molar-refractivity contribution in [1.82, 2.24) is 0 Å². The second kappa shape index (κ2) is 4.49. The highest BCUT2D eigenvalue weighted by Crippen LogP contribution is 2.33. The molecule has 0 unspecified atom stereocenters. The molecule has 0 saturated carbocycles. The molecule has 3 rings (SSSR count). The first kappa shape index (κ1) is 11.9. The summed E-state index contributed by atoms with van der Waals surface area (Å²) < 4.78 is 0. The molecule has 98 valence electrons. The van der Waals surface area contributed by atoms with Crippen LogP contribution in [0, 0.1) is 5.41 Å². The number of hydrogen-bond acceptors (Lipinski definition) is 2. The summed E-state index contributed by atoms with van der Waals surface area (Å²) in [5.41, 5.74) is 4.74. The summed E-state index contributed by atoms with van der Waals surface area (Å²) in [6, 6.07) is 6.97. The summed E-state index contributed by atoms with van der Waals surface area (Å²) in [6.07, 6.45) is 5.17. The summed E-state index contributed by atoms with van der Waals surface area (Å²) >= 11 is 0. The fourth-order valence-corrected chi connectivity index (χ4v) is 3.30. The van der Waals surface area contributed by atoms with Crippen LogP contribution in [0.15, 0.2) is 18.2 Å². The molecule has 2 nitrogen and oxygen atoms in total. The fraction of sp³-hybridized carbons (Fsp3) is 0.625. The molecule has 1 fully saturated rings. The Labute approximate surface area is 110 Å². The van der Waals surface area contributed by atoms with Gasteiger partial charge in [-0.2, -0.15) is 0 Å². The van der Waals surface area contributed by atoms with Gasteiger partial charge in [-0.05, 0) is 54.9 Å². The Bertz CT molecular complexity index is 437. The van der Waals surface area contributed by atoms with E-state index >= 15 is 0 Å². The Hall–Kier alpha value is -1.18. The number of benzene rings is 1. The van der Waals surface area contributed by atoms with E-state index in [4.69, 9.17) is 0 Å². The van der Waals surface area contributed by atoms with Gasteiger partial charge in [-0.1, -0.05) is 13.8 Å². The topological polar surface area (TPSA) is 15.3 Å². The molecule has 1 N–H and O–H groups in total. The molecule has 0 atom stereocenters. The molecule has 0 radical (unpaired) electrons. The first-order valence-electron chi connectivity index (χ1n) is 7.26. The predicted octanol–water partition coefficient (Wildman–Crippen LogP) is 3.67. The highest BCUT2D eigenvalue weighted by Gasteiger charge is 2.26. The number of nitrogens with one attached hydrogen (secondary N) is 1. The standard InChI is InChI=1S/C16H24N2/c1-16(2)8-4-10-18(12-16)14-6-7-15-13(11-14)5-3-9-17-15/h6-7,11,17H,3-5,8-10,12H2,1-2H3. The van der Waals surface area contributed by atoms with Gasteiger partial charge in [0.2, 0.25) is 0 Å². The van der Waals surface area contributed by atoms with Crippen molar-refractivity contribution >= 4 is 11.4 Å².